The highest BCUT2D eigenvalue weighted by Gasteiger charge is 2.27. The molecule has 42 heavy (non-hydrogen) atoms. The van der Waals surface area contributed by atoms with E-state index in [1.54, 1.807) is 32.2 Å². The van der Waals surface area contributed by atoms with Gasteiger partial charge in [-0.3, -0.25) is 14.5 Å². The van der Waals surface area contributed by atoms with E-state index in [4.69, 9.17) is 21.1 Å². The molecule has 0 saturated carbocycles. The van der Waals surface area contributed by atoms with Crippen LogP contribution < -0.4 is 24.6 Å². The lowest BCUT2D eigenvalue weighted by atomic mass is 10.1. The smallest absolute Gasteiger partial charge is 0.264 e. The van der Waals surface area contributed by atoms with E-state index >= 15 is 0 Å². The number of piperazine rings is 1. The second-order valence-electron chi connectivity index (χ2n) is 10.2. The SMILES string of the molecule is COc1ccc(/C=C2\Sc3ccc(C(=O)NCCCN4CCN(c5cccc(Cl)c5)CC4)cc3N(C)C2=O)cc1OC. The van der Waals surface area contributed by atoms with Gasteiger partial charge in [0.25, 0.3) is 11.8 Å². The van der Waals surface area contributed by atoms with E-state index in [2.05, 4.69) is 21.2 Å². The number of nitrogens with one attached hydrogen (secondary N) is 1. The molecule has 0 aromatic heterocycles. The molecule has 8 nitrogen and oxygen atoms in total. The third-order valence-corrected chi connectivity index (χ3v) is 8.82. The van der Waals surface area contributed by atoms with Crippen LogP contribution in [0.3, 0.4) is 0 Å². The summed E-state index contributed by atoms with van der Waals surface area (Å²) in [5, 5.41) is 3.80. The highest BCUT2D eigenvalue weighted by atomic mass is 35.5. The minimum absolute atomic E-state index is 0.129. The van der Waals surface area contributed by atoms with Crippen molar-refractivity contribution in [2.24, 2.45) is 0 Å². The van der Waals surface area contributed by atoms with Gasteiger partial charge < -0.3 is 24.6 Å². The molecule has 220 valence electrons. The normalized spacial score (nSPS) is 16.4. The molecule has 0 atom stereocenters. The highest BCUT2D eigenvalue weighted by molar-refractivity contribution is 8.04. The van der Waals surface area contributed by atoms with Crippen molar-refractivity contribution in [3.05, 3.63) is 81.7 Å². The fourth-order valence-electron chi connectivity index (χ4n) is 5.14. The lowest BCUT2D eigenvalue weighted by molar-refractivity contribution is -0.114. The molecule has 0 aliphatic carbocycles. The average molecular weight is 607 g/mol. The van der Waals surface area contributed by atoms with Crippen molar-refractivity contribution >= 4 is 52.6 Å². The lowest BCUT2D eigenvalue weighted by Gasteiger charge is -2.36. The number of nitrogens with zero attached hydrogens (tertiary/aromatic N) is 3. The lowest BCUT2D eigenvalue weighted by Crippen LogP contribution is -2.47. The maximum atomic E-state index is 13.2. The van der Waals surface area contributed by atoms with Crippen LogP contribution in [0.25, 0.3) is 6.08 Å². The topological polar surface area (TPSA) is 74.4 Å². The number of likely N-dealkylation sites (N-methyl/N-ethyl adjacent to an activating group) is 1. The van der Waals surface area contributed by atoms with Crippen LogP contribution in [0.15, 0.2) is 70.5 Å². The predicted octanol–water partition coefficient (Wildman–Crippen LogP) is 5.41. The maximum absolute atomic E-state index is 13.2. The van der Waals surface area contributed by atoms with Gasteiger partial charge in [0.05, 0.1) is 24.8 Å². The third kappa shape index (κ3) is 6.86. The number of benzene rings is 3. The summed E-state index contributed by atoms with van der Waals surface area (Å²) in [5.74, 6) is 0.959. The summed E-state index contributed by atoms with van der Waals surface area (Å²) < 4.78 is 10.7. The van der Waals surface area contributed by atoms with Gasteiger partial charge in [0.1, 0.15) is 0 Å². The molecule has 2 aliphatic rings. The van der Waals surface area contributed by atoms with Crippen LogP contribution in [-0.2, 0) is 4.79 Å². The third-order valence-electron chi connectivity index (χ3n) is 7.51. The molecule has 1 saturated heterocycles. The van der Waals surface area contributed by atoms with E-state index in [9.17, 15) is 9.59 Å². The molecule has 1 N–H and O–H groups in total. The zero-order valence-electron chi connectivity index (χ0n) is 24.1. The molecule has 5 rings (SSSR count). The number of hydrogen-bond acceptors (Lipinski definition) is 7. The van der Waals surface area contributed by atoms with Gasteiger partial charge in [0.15, 0.2) is 11.5 Å². The van der Waals surface area contributed by atoms with Gasteiger partial charge in [0, 0.05) is 60.9 Å². The van der Waals surface area contributed by atoms with Gasteiger partial charge in [-0.1, -0.05) is 35.5 Å². The molecule has 0 radical (unpaired) electrons. The molecule has 2 amide bonds. The molecular formula is C32H35ClN4O4S. The Morgan fingerprint density at radius 1 is 1.00 bits per heavy atom. The summed E-state index contributed by atoms with van der Waals surface area (Å²) in [6.45, 7) is 5.38. The number of rotatable bonds is 9. The monoisotopic (exact) mass is 606 g/mol. The Balaban J connectivity index is 1.13. The number of anilines is 2. The minimum atomic E-state index is -0.138. The molecule has 2 heterocycles. The summed E-state index contributed by atoms with van der Waals surface area (Å²) in [7, 11) is 4.90. The van der Waals surface area contributed by atoms with Gasteiger partial charge in [-0.25, -0.2) is 0 Å². The Hall–Kier alpha value is -3.66. The van der Waals surface area contributed by atoms with Crippen LogP contribution >= 0.6 is 23.4 Å². The van der Waals surface area contributed by atoms with Crippen molar-refractivity contribution in [2.75, 3.05) is 70.3 Å². The molecule has 0 bridgehead atoms. The van der Waals surface area contributed by atoms with Crippen molar-refractivity contribution in [3.8, 4) is 11.5 Å². The first-order valence-corrected chi connectivity index (χ1v) is 15.1. The van der Waals surface area contributed by atoms with Crippen LogP contribution in [-0.4, -0.2) is 77.3 Å². The number of halogens is 1. The van der Waals surface area contributed by atoms with Crippen LogP contribution in [0.5, 0.6) is 11.5 Å². The fraction of sp³-hybridized carbons (Fsp3) is 0.312. The molecule has 1 fully saturated rings. The molecule has 0 unspecified atom stereocenters. The number of thioether (sulfide) groups is 1. The van der Waals surface area contributed by atoms with Crippen LogP contribution in [0.2, 0.25) is 5.02 Å². The van der Waals surface area contributed by atoms with Gasteiger partial charge in [-0.15, -0.1) is 0 Å². The summed E-state index contributed by atoms with van der Waals surface area (Å²) >= 11 is 7.54. The average Bonchev–Trinajstić information content (AvgIpc) is 3.01. The standard InChI is InChI=1S/C32H35ClN4O4S/c1-35-26-20-23(9-11-29(26)42-30(32(35)39)19-22-8-10-27(40-2)28(18-22)41-3)31(38)34-12-5-13-36-14-16-37(17-15-36)25-7-4-6-24(33)21-25/h4,6-11,18-21H,5,12-17H2,1-3H3,(H,34,38)/b30-19-. The number of fused-ring (bicyclic) bond motifs is 1. The van der Waals surface area contributed by atoms with Crippen molar-refractivity contribution in [3.63, 3.8) is 0 Å². The Morgan fingerprint density at radius 3 is 2.52 bits per heavy atom. The summed E-state index contributed by atoms with van der Waals surface area (Å²) in [4.78, 5) is 34.0. The van der Waals surface area contributed by atoms with Gasteiger partial charge in [0.2, 0.25) is 0 Å². The van der Waals surface area contributed by atoms with E-state index in [-0.39, 0.29) is 11.8 Å². The number of ether oxygens (including phenoxy) is 2. The summed E-state index contributed by atoms with van der Waals surface area (Å²) in [5.41, 5.74) is 3.26. The number of carbonyl (C=O) groups excluding carboxylic acids is 2. The first kappa shape index (κ1) is 29.8. The van der Waals surface area contributed by atoms with Crippen LogP contribution in [0.4, 0.5) is 11.4 Å². The summed E-state index contributed by atoms with van der Waals surface area (Å²) in [6, 6.07) is 19.0. The van der Waals surface area contributed by atoms with Crippen LogP contribution in [0.1, 0.15) is 22.3 Å². The molecular weight excluding hydrogens is 572 g/mol. The van der Waals surface area contributed by atoms with Crippen molar-refractivity contribution in [2.45, 2.75) is 11.3 Å². The molecule has 10 heteroatoms. The van der Waals surface area contributed by atoms with Gasteiger partial charge in [-0.2, -0.15) is 0 Å². The van der Waals surface area contributed by atoms with Crippen molar-refractivity contribution in [1.82, 2.24) is 10.2 Å². The van der Waals surface area contributed by atoms with E-state index < -0.39 is 0 Å². The van der Waals surface area contributed by atoms with E-state index in [0.717, 1.165) is 66.0 Å². The second-order valence-corrected chi connectivity index (χ2v) is 11.7. The zero-order chi connectivity index (χ0) is 29.6. The molecule has 3 aromatic carbocycles. The Bertz CT molecular complexity index is 1490. The maximum Gasteiger partial charge on any atom is 0.264 e. The van der Waals surface area contributed by atoms with Crippen molar-refractivity contribution < 1.29 is 19.1 Å². The zero-order valence-corrected chi connectivity index (χ0v) is 25.6. The van der Waals surface area contributed by atoms with E-state index in [0.29, 0.717) is 28.5 Å². The second kappa shape index (κ2) is 13.5. The largest absolute Gasteiger partial charge is 0.493 e. The number of methoxy groups -OCH3 is 2. The molecule has 2 aliphatic heterocycles. The molecule has 0 spiro atoms. The van der Waals surface area contributed by atoms with E-state index in [1.165, 1.54) is 11.8 Å². The number of amides is 2. The first-order chi connectivity index (χ1) is 20.4. The number of hydrogen-bond donors (Lipinski definition) is 1. The fourth-order valence-corrected chi connectivity index (χ4v) is 6.42. The highest BCUT2D eigenvalue weighted by Crippen LogP contribution is 2.42. The summed E-state index contributed by atoms with van der Waals surface area (Å²) in [6.07, 6.45) is 2.71. The predicted molar refractivity (Wildman–Crippen MR) is 170 cm³/mol. The van der Waals surface area contributed by atoms with Gasteiger partial charge in [-0.05, 0) is 73.1 Å². The number of carbonyl (C=O) groups is 2. The Labute approximate surface area is 256 Å². The first-order valence-electron chi connectivity index (χ1n) is 13.9. The molecule has 3 aromatic rings. The van der Waals surface area contributed by atoms with Crippen molar-refractivity contribution in [1.29, 1.82) is 0 Å². The minimum Gasteiger partial charge on any atom is -0.493 e. The van der Waals surface area contributed by atoms with Crippen LogP contribution in [0, 0.1) is 0 Å². The Morgan fingerprint density at radius 2 is 1.79 bits per heavy atom. The Kier molecular flexibility index (Phi) is 9.62. The van der Waals surface area contributed by atoms with Gasteiger partial charge >= 0.3 is 0 Å². The van der Waals surface area contributed by atoms with E-state index in [1.807, 2.05) is 54.6 Å². The quantitative estimate of drug-likeness (QED) is 0.258.